The van der Waals surface area contributed by atoms with Crippen molar-refractivity contribution < 1.29 is 0 Å². The average molecular weight is 262 g/mol. The van der Waals surface area contributed by atoms with Crippen LogP contribution < -0.4 is 5.32 Å². The van der Waals surface area contributed by atoms with Gasteiger partial charge >= 0.3 is 0 Å². The Balaban J connectivity index is 2.48. The molecule has 1 aromatic rings. The van der Waals surface area contributed by atoms with Crippen LogP contribution in [-0.4, -0.2) is 11.5 Å². The van der Waals surface area contributed by atoms with Gasteiger partial charge < -0.3 is 5.32 Å². The quantitative estimate of drug-likeness (QED) is 0.733. The molecule has 1 aromatic heterocycles. The van der Waals surface area contributed by atoms with E-state index in [0.29, 0.717) is 6.04 Å². The van der Waals surface area contributed by atoms with Gasteiger partial charge in [-0.15, -0.1) is 0 Å². The van der Waals surface area contributed by atoms with E-state index in [2.05, 4.69) is 57.9 Å². The zero-order valence-electron chi connectivity index (χ0n) is 13.5. The van der Waals surface area contributed by atoms with E-state index < -0.39 is 0 Å². The summed E-state index contributed by atoms with van der Waals surface area (Å²) < 4.78 is 0. The molecule has 2 nitrogen and oxygen atoms in total. The molecule has 2 heteroatoms. The Morgan fingerprint density at radius 2 is 1.79 bits per heavy atom. The monoisotopic (exact) mass is 262 g/mol. The largest absolute Gasteiger partial charge is 0.310 e. The molecule has 108 valence electrons. The van der Waals surface area contributed by atoms with Gasteiger partial charge in [-0.05, 0) is 63.8 Å². The lowest BCUT2D eigenvalue weighted by Gasteiger charge is -2.19. The fourth-order valence-electron chi connectivity index (χ4n) is 2.79. The maximum absolute atomic E-state index is 4.58. The summed E-state index contributed by atoms with van der Waals surface area (Å²) in [6.45, 7) is 14.3. The second-order valence-corrected chi connectivity index (χ2v) is 6.15. The van der Waals surface area contributed by atoms with Gasteiger partial charge in [0.15, 0.2) is 0 Å². The minimum Gasteiger partial charge on any atom is -0.310 e. The lowest BCUT2D eigenvalue weighted by Crippen LogP contribution is -2.22. The molecule has 1 unspecified atom stereocenters. The van der Waals surface area contributed by atoms with Crippen molar-refractivity contribution in [2.24, 2.45) is 5.92 Å². The molecule has 19 heavy (non-hydrogen) atoms. The van der Waals surface area contributed by atoms with Gasteiger partial charge in [0, 0.05) is 17.4 Å². The van der Waals surface area contributed by atoms with Gasteiger partial charge in [0.2, 0.25) is 0 Å². The van der Waals surface area contributed by atoms with Crippen LogP contribution in [0.15, 0.2) is 6.07 Å². The van der Waals surface area contributed by atoms with Crippen LogP contribution in [0.1, 0.15) is 68.6 Å². The second-order valence-electron chi connectivity index (χ2n) is 6.15. The molecular weight excluding hydrogens is 232 g/mol. The number of hydrogen-bond donors (Lipinski definition) is 1. The highest BCUT2D eigenvalue weighted by Crippen LogP contribution is 2.21. The van der Waals surface area contributed by atoms with Crippen LogP contribution in [-0.2, 0) is 0 Å². The van der Waals surface area contributed by atoms with Gasteiger partial charge in [-0.25, -0.2) is 0 Å². The highest BCUT2D eigenvalue weighted by atomic mass is 14.9. The van der Waals surface area contributed by atoms with Gasteiger partial charge in [0.1, 0.15) is 0 Å². The van der Waals surface area contributed by atoms with Crippen LogP contribution in [0, 0.1) is 26.7 Å². The predicted molar refractivity (Wildman–Crippen MR) is 83.6 cm³/mol. The van der Waals surface area contributed by atoms with Crippen LogP contribution in [0.2, 0.25) is 0 Å². The average Bonchev–Trinajstić information content (AvgIpc) is 2.26. The maximum Gasteiger partial charge on any atom is 0.0426 e. The third-order valence-electron chi connectivity index (χ3n) is 3.68. The molecule has 1 N–H and O–H groups in total. The van der Waals surface area contributed by atoms with Crippen molar-refractivity contribution in [1.82, 2.24) is 10.3 Å². The van der Waals surface area contributed by atoms with Crippen LogP contribution in [0.25, 0.3) is 0 Å². The van der Waals surface area contributed by atoms with Crippen LogP contribution in [0.3, 0.4) is 0 Å². The van der Waals surface area contributed by atoms with E-state index in [4.69, 9.17) is 0 Å². The fraction of sp³-hybridized carbons (Fsp3) is 0.706. The number of nitrogens with one attached hydrogen (secondary N) is 1. The first-order chi connectivity index (χ1) is 8.91. The first kappa shape index (κ1) is 16.2. The summed E-state index contributed by atoms with van der Waals surface area (Å²) in [6, 6.07) is 2.58. The van der Waals surface area contributed by atoms with Crippen molar-refractivity contribution in [3.63, 3.8) is 0 Å². The Morgan fingerprint density at radius 3 is 2.37 bits per heavy atom. The number of rotatable bonds is 7. The molecule has 0 amide bonds. The molecule has 0 aliphatic heterocycles. The molecule has 1 rings (SSSR count). The van der Waals surface area contributed by atoms with Crippen LogP contribution >= 0.6 is 0 Å². The van der Waals surface area contributed by atoms with Crippen molar-refractivity contribution >= 4 is 0 Å². The predicted octanol–water partition coefficient (Wildman–Crippen LogP) is 4.48. The molecular formula is C17H30N2. The summed E-state index contributed by atoms with van der Waals surface area (Å²) >= 11 is 0. The topological polar surface area (TPSA) is 24.9 Å². The number of pyridine rings is 1. The third kappa shape index (κ3) is 5.32. The SMILES string of the molecule is Cc1cc(C)c(C(C)NCCCCC(C)C)c(C)n1. The molecule has 0 radical (unpaired) electrons. The highest BCUT2D eigenvalue weighted by molar-refractivity contribution is 5.33. The maximum atomic E-state index is 4.58. The number of unbranched alkanes of at least 4 members (excludes halogenated alkanes) is 1. The molecule has 0 aromatic carbocycles. The Morgan fingerprint density at radius 1 is 1.11 bits per heavy atom. The van der Waals surface area contributed by atoms with Gasteiger partial charge in [-0.2, -0.15) is 0 Å². The van der Waals surface area contributed by atoms with E-state index in [0.717, 1.165) is 18.2 Å². The Bertz CT molecular complexity index is 373. The fourth-order valence-corrected chi connectivity index (χ4v) is 2.79. The Kier molecular flexibility index (Phi) is 6.50. The third-order valence-corrected chi connectivity index (χ3v) is 3.68. The first-order valence-electron chi connectivity index (χ1n) is 7.60. The molecule has 0 fully saturated rings. The van der Waals surface area contributed by atoms with E-state index in [1.165, 1.54) is 36.1 Å². The van der Waals surface area contributed by atoms with Gasteiger partial charge in [-0.1, -0.05) is 26.7 Å². The lowest BCUT2D eigenvalue weighted by atomic mass is 10.00. The number of nitrogens with zero attached hydrogens (tertiary/aromatic N) is 1. The van der Waals surface area contributed by atoms with E-state index in [1.54, 1.807) is 0 Å². The summed E-state index contributed by atoms with van der Waals surface area (Å²) in [5.74, 6) is 0.822. The minimum absolute atomic E-state index is 0.396. The van der Waals surface area contributed by atoms with E-state index >= 15 is 0 Å². The number of hydrogen-bond acceptors (Lipinski definition) is 2. The standard InChI is InChI=1S/C17H30N2/c1-12(2)9-7-8-10-18-15(5)17-13(3)11-14(4)19-16(17)6/h11-12,15,18H,7-10H2,1-6H3. The lowest BCUT2D eigenvalue weighted by molar-refractivity contribution is 0.496. The van der Waals surface area contributed by atoms with E-state index in [-0.39, 0.29) is 0 Å². The zero-order chi connectivity index (χ0) is 14.4. The molecule has 0 aliphatic rings. The molecule has 0 bridgehead atoms. The van der Waals surface area contributed by atoms with Crippen molar-refractivity contribution in [2.75, 3.05) is 6.54 Å². The summed E-state index contributed by atoms with van der Waals surface area (Å²) in [4.78, 5) is 4.58. The van der Waals surface area contributed by atoms with E-state index in [1.807, 2.05) is 0 Å². The van der Waals surface area contributed by atoms with Crippen LogP contribution in [0.4, 0.5) is 0 Å². The number of aromatic nitrogens is 1. The molecule has 1 heterocycles. The molecule has 0 saturated carbocycles. The smallest absolute Gasteiger partial charge is 0.0426 e. The van der Waals surface area contributed by atoms with Crippen molar-refractivity contribution in [2.45, 2.75) is 66.8 Å². The molecule has 0 aliphatic carbocycles. The molecule has 0 saturated heterocycles. The first-order valence-corrected chi connectivity index (χ1v) is 7.60. The molecule has 0 spiro atoms. The van der Waals surface area contributed by atoms with Crippen molar-refractivity contribution in [3.8, 4) is 0 Å². The van der Waals surface area contributed by atoms with Gasteiger partial charge in [0.05, 0.1) is 0 Å². The van der Waals surface area contributed by atoms with Gasteiger partial charge in [-0.3, -0.25) is 4.98 Å². The van der Waals surface area contributed by atoms with Crippen LogP contribution in [0.5, 0.6) is 0 Å². The highest BCUT2D eigenvalue weighted by Gasteiger charge is 2.12. The number of aryl methyl sites for hydroxylation is 3. The normalized spacial score (nSPS) is 13.0. The summed E-state index contributed by atoms with van der Waals surface area (Å²) in [5, 5.41) is 3.63. The minimum atomic E-state index is 0.396. The molecule has 1 atom stereocenters. The van der Waals surface area contributed by atoms with Gasteiger partial charge in [0.25, 0.3) is 0 Å². The Hall–Kier alpha value is -0.890. The van der Waals surface area contributed by atoms with E-state index in [9.17, 15) is 0 Å². The zero-order valence-corrected chi connectivity index (χ0v) is 13.5. The summed E-state index contributed by atoms with van der Waals surface area (Å²) in [5.41, 5.74) is 5.00. The summed E-state index contributed by atoms with van der Waals surface area (Å²) in [7, 11) is 0. The summed E-state index contributed by atoms with van der Waals surface area (Å²) in [6.07, 6.45) is 3.92. The second kappa shape index (κ2) is 7.64. The van der Waals surface area contributed by atoms with Crippen molar-refractivity contribution in [1.29, 1.82) is 0 Å². The Labute approximate surface area is 119 Å². The van der Waals surface area contributed by atoms with Crippen molar-refractivity contribution in [3.05, 3.63) is 28.6 Å².